The van der Waals surface area contributed by atoms with Gasteiger partial charge in [-0.1, -0.05) is 12.1 Å². The fourth-order valence-corrected chi connectivity index (χ4v) is 3.76. The second-order valence-corrected chi connectivity index (χ2v) is 6.13. The van der Waals surface area contributed by atoms with Crippen LogP contribution in [0.25, 0.3) is 20.2 Å². The monoisotopic (exact) mass is 431 g/mol. The molecule has 0 aliphatic heterocycles. The number of benzene rings is 2. The van der Waals surface area contributed by atoms with E-state index in [0.717, 1.165) is 9.76 Å². The molecule has 0 saturated carbocycles. The number of rotatable bonds is 3. The number of aliphatic hydroxyl groups is 1. The number of carbonyl (C=O) groups is 1. The molecule has 0 bridgehead atoms. The first kappa shape index (κ1) is 20.2. The molecule has 1 N–H and O–H groups in total. The van der Waals surface area contributed by atoms with Gasteiger partial charge in [-0.2, -0.15) is 0 Å². The molecule has 0 radical (unpaired) electrons. The Morgan fingerprint density at radius 2 is 1.96 bits per heavy atom. The van der Waals surface area contributed by atoms with Crippen LogP contribution < -0.4 is 63.6 Å². The molecule has 0 unspecified atom stereocenters. The van der Waals surface area contributed by atoms with E-state index in [1.54, 1.807) is 12.1 Å². The molecule has 0 saturated heterocycles. The average molecular weight is 432 g/mol. The Morgan fingerprint density at radius 3 is 2.62 bits per heavy atom. The van der Waals surface area contributed by atoms with Crippen molar-refractivity contribution in [1.82, 2.24) is 5.06 Å². The minimum absolute atomic E-state index is 0. The third-order valence-electron chi connectivity index (χ3n) is 3.64. The van der Waals surface area contributed by atoms with Gasteiger partial charge in [0.25, 0.3) is 5.91 Å². The summed E-state index contributed by atoms with van der Waals surface area (Å²) in [5, 5.41) is 11.8. The first-order chi connectivity index (χ1) is 11.1. The van der Waals surface area contributed by atoms with Crippen LogP contribution in [0.2, 0.25) is 0 Å². The summed E-state index contributed by atoms with van der Waals surface area (Å²) in [6, 6.07) is 10.4. The van der Waals surface area contributed by atoms with Gasteiger partial charge in [-0.15, -0.1) is 11.3 Å². The topological polar surface area (TPSA) is 66.8 Å². The van der Waals surface area contributed by atoms with Gasteiger partial charge in [0.05, 0.1) is 6.61 Å². The number of hydrogen-bond acceptors (Lipinski definition) is 6. The molecular formula is C16H12NO4RbS2. The Balaban J connectivity index is 0.00000208. The van der Waals surface area contributed by atoms with E-state index in [2.05, 4.69) is 17.2 Å². The van der Waals surface area contributed by atoms with Crippen molar-refractivity contribution in [3.05, 3.63) is 57.7 Å². The van der Waals surface area contributed by atoms with E-state index in [-0.39, 0.29) is 75.8 Å². The Hall–Kier alpha value is -0.125. The van der Waals surface area contributed by atoms with Crippen LogP contribution in [-0.4, -0.2) is 23.1 Å². The van der Waals surface area contributed by atoms with Gasteiger partial charge in [-0.25, -0.2) is 5.06 Å². The van der Waals surface area contributed by atoms with E-state index < -0.39 is 5.91 Å². The molecule has 1 heterocycles. The van der Waals surface area contributed by atoms with Crippen molar-refractivity contribution in [2.24, 2.45) is 0 Å². The molecule has 0 atom stereocenters. The number of hydrogen-bond donors (Lipinski definition) is 1. The smallest absolute Gasteiger partial charge is 0.590 e. The summed E-state index contributed by atoms with van der Waals surface area (Å²) >= 11 is 5.78. The number of carbonyl (C=O) groups excluding carboxylic acids is 1. The van der Waals surface area contributed by atoms with E-state index >= 15 is 0 Å². The predicted octanol–water partition coefficient (Wildman–Crippen LogP) is -0.623. The molecule has 0 spiro atoms. The molecule has 0 fully saturated rings. The maximum absolute atomic E-state index is 12.6. The van der Waals surface area contributed by atoms with Crippen molar-refractivity contribution >= 4 is 50.3 Å². The zero-order valence-electron chi connectivity index (χ0n) is 13.1. The summed E-state index contributed by atoms with van der Waals surface area (Å²) in [6.07, 6.45) is 0. The van der Waals surface area contributed by atoms with Crippen LogP contribution in [0.1, 0.15) is 15.9 Å². The van der Waals surface area contributed by atoms with E-state index in [1.807, 2.05) is 18.2 Å². The van der Waals surface area contributed by atoms with Crippen LogP contribution in [0.15, 0.2) is 41.2 Å². The quantitative estimate of drug-likeness (QED) is 0.340. The van der Waals surface area contributed by atoms with Crippen LogP contribution >= 0.6 is 11.3 Å². The molecule has 1 aromatic heterocycles. The van der Waals surface area contributed by atoms with Gasteiger partial charge in [-0.05, 0) is 24.3 Å². The van der Waals surface area contributed by atoms with Crippen molar-refractivity contribution in [3.63, 3.8) is 0 Å². The van der Waals surface area contributed by atoms with E-state index in [9.17, 15) is 14.7 Å². The maximum atomic E-state index is 12.6. The molecule has 8 heteroatoms. The summed E-state index contributed by atoms with van der Waals surface area (Å²) in [7, 11) is 1.39. The van der Waals surface area contributed by atoms with Gasteiger partial charge >= 0.3 is 58.2 Å². The molecule has 24 heavy (non-hydrogen) atoms. The predicted molar refractivity (Wildman–Crippen MR) is 92.1 cm³/mol. The van der Waals surface area contributed by atoms with Gasteiger partial charge in [0.1, 0.15) is 0 Å². The van der Waals surface area contributed by atoms with Crippen molar-refractivity contribution in [2.75, 3.05) is 7.05 Å². The zero-order chi connectivity index (χ0) is 16.6. The molecular weight excluding hydrogens is 420 g/mol. The molecule has 0 aliphatic rings. The summed E-state index contributed by atoms with van der Waals surface area (Å²) in [4.78, 5) is 24.9. The Labute approximate surface area is 196 Å². The van der Waals surface area contributed by atoms with Gasteiger partial charge in [0.2, 0.25) is 0 Å². The molecule has 3 rings (SSSR count). The maximum Gasteiger partial charge on any atom is 1.00 e. The van der Waals surface area contributed by atoms with Crippen molar-refractivity contribution in [3.8, 4) is 0 Å². The molecule has 5 nitrogen and oxygen atoms in total. The van der Waals surface area contributed by atoms with Crippen molar-refractivity contribution in [2.45, 2.75) is 6.61 Å². The number of nitrogens with zero attached hydrogens (tertiary/aromatic N) is 1. The van der Waals surface area contributed by atoms with E-state index in [0.29, 0.717) is 21.0 Å². The van der Waals surface area contributed by atoms with E-state index in [4.69, 9.17) is 0 Å². The first-order valence-electron chi connectivity index (χ1n) is 6.74. The number of amides is 1. The Kier molecular flexibility index (Phi) is 7.16. The molecule has 0 aliphatic carbocycles. The number of fused-ring (bicyclic) bond motifs is 2. The minimum atomic E-state index is -0.473. The largest absolute Gasteiger partial charge is 1.00 e. The second-order valence-electron chi connectivity index (χ2n) is 4.93. The second kappa shape index (κ2) is 8.51. The fourth-order valence-electron chi connectivity index (χ4n) is 2.48. The van der Waals surface area contributed by atoms with E-state index in [1.165, 1.54) is 24.5 Å². The SMILES string of the molecule is CN(O[S-])C(=O)c1ccc2c(=O)c3ccccc3sc2c1CO.[Rb+]. The first-order valence-corrected chi connectivity index (χ1v) is 7.89. The number of hydroxylamine groups is 2. The minimum Gasteiger partial charge on any atom is -0.590 e. The summed E-state index contributed by atoms with van der Waals surface area (Å²) in [5.74, 6) is -0.473. The van der Waals surface area contributed by atoms with Crippen molar-refractivity contribution < 1.29 is 72.4 Å². The zero-order valence-corrected chi connectivity index (χ0v) is 19.7. The standard InChI is InChI=1S/C16H13NO4S2.Rb/c1-17(21-22)16(20)9-6-7-11-14(19)10-4-2-3-5-13(10)23-15(11)12(9)8-18;/h2-7,18,22H,8H2,1H3;/q;+1/p-1. The normalized spacial score (nSPS) is 10.6. The summed E-state index contributed by atoms with van der Waals surface area (Å²) < 4.78 is 5.90. The van der Waals surface area contributed by atoms with Crippen LogP contribution in [-0.2, 0) is 23.8 Å². The van der Waals surface area contributed by atoms with Gasteiger partial charge in [0.15, 0.2) is 5.43 Å². The molecule has 2 aromatic carbocycles. The van der Waals surface area contributed by atoms with Crippen LogP contribution in [0.4, 0.5) is 0 Å². The average Bonchev–Trinajstić information content (AvgIpc) is 2.59. The van der Waals surface area contributed by atoms with Crippen LogP contribution in [0, 0.1) is 0 Å². The van der Waals surface area contributed by atoms with Gasteiger partial charge < -0.3 is 22.3 Å². The van der Waals surface area contributed by atoms with Crippen molar-refractivity contribution in [1.29, 1.82) is 0 Å². The fraction of sp³-hybridized carbons (Fsp3) is 0.125. The van der Waals surface area contributed by atoms with Gasteiger partial charge in [-0.3, -0.25) is 9.59 Å². The van der Waals surface area contributed by atoms with Crippen LogP contribution in [0.5, 0.6) is 0 Å². The van der Waals surface area contributed by atoms with Gasteiger partial charge in [0, 0.05) is 38.3 Å². The third-order valence-corrected chi connectivity index (χ3v) is 5.11. The van der Waals surface area contributed by atoms with Crippen LogP contribution in [0.3, 0.4) is 0 Å². The number of aliphatic hydroxyl groups excluding tert-OH is 1. The summed E-state index contributed by atoms with van der Waals surface area (Å²) in [5.41, 5.74) is 0.549. The molecule has 1 amide bonds. The molecule has 118 valence electrons. The Morgan fingerprint density at radius 1 is 1.25 bits per heavy atom. The summed E-state index contributed by atoms with van der Waals surface area (Å²) in [6.45, 7) is -0.363. The Bertz CT molecular complexity index is 973. The third kappa shape index (κ3) is 3.54. The molecule has 3 aromatic rings.